The summed E-state index contributed by atoms with van der Waals surface area (Å²) in [5.74, 6) is 0.261. The Kier molecular flexibility index (Phi) is 5.72. The minimum Gasteiger partial charge on any atom is -0.497 e. The first-order chi connectivity index (χ1) is 13.6. The van der Waals surface area contributed by atoms with Crippen molar-refractivity contribution in [2.45, 2.75) is 36.8 Å². The van der Waals surface area contributed by atoms with Gasteiger partial charge in [-0.3, -0.25) is 0 Å². The van der Waals surface area contributed by atoms with Crippen LogP contribution in [-0.2, 0) is 14.8 Å². The van der Waals surface area contributed by atoms with E-state index in [0.29, 0.717) is 29.2 Å². The Morgan fingerprint density at radius 1 is 1.21 bits per heavy atom. The van der Waals surface area contributed by atoms with E-state index in [1.54, 1.807) is 30.3 Å². The van der Waals surface area contributed by atoms with Gasteiger partial charge >= 0.3 is 5.97 Å². The number of sulfonamides is 1. The molecule has 0 aliphatic carbocycles. The van der Waals surface area contributed by atoms with Crippen LogP contribution in [0.15, 0.2) is 47.4 Å². The highest BCUT2D eigenvalue weighted by atomic mass is 32.2. The van der Waals surface area contributed by atoms with Gasteiger partial charge in [-0.2, -0.15) is 0 Å². The molecular weight excluding hydrogens is 398 g/mol. The number of aliphatic carboxylic acids is 1. The van der Waals surface area contributed by atoms with Crippen molar-refractivity contribution in [2.75, 3.05) is 13.7 Å². The number of nitrogens with one attached hydrogen (secondary N) is 1. The van der Waals surface area contributed by atoms with Gasteiger partial charge in [0, 0.05) is 18.1 Å². The molecule has 0 saturated heterocycles. The Morgan fingerprint density at radius 2 is 1.86 bits per heavy atom. The summed E-state index contributed by atoms with van der Waals surface area (Å²) < 4.78 is 44.8. The minimum absolute atomic E-state index is 0.130. The lowest BCUT2D eigenvalue weighted by atomic mass is 9.90. The molecule has 1 atom stereocenters. The molecule has 1 aliphatic heterocycles. The fourth-order valence-corrected chi connectivity index (χ4v) is 4.40. The predicted molar refractivity (Wildman–Crippen MR) is 105 cm³/mol. The van der Waals surface area contributed by atoms with Gasteiger partial charge in [0.2, 0.25) is 10.0 Å². The van der Waals surface area contributed by atoms with E-state index in [1.165, 1.54) is 19.2 Å². The number of carbonyl (C=O) groups is 1. The smallest absolute Gasteiger partial charge is 0.341 e. The average molecular weight is 421 g/mol. The normalized spacial score (nSPS) is 17.7. The van der Waals surface area contributed by atoms with E-state index in [-0.39, 0.29) is 4.90 Å². The first-order valence-corrected chi connectivity index (χ1v) is 10.4. The zero-order chi connectivity index (χ0) is 21.2. The molecule has 0 aromatic heterocycles. The Hall–Kier alpha value is -2.78. The van der Waals surface area contributed by atoms with E-state index in [4.69, 9.17) is 19.3 Å². The van der Waals surface area contributed by atoms with Crippen LogP contribution in [0.25, 0.3) is 0 Å². The monoisotopic (exact) mass is 421 g/mol. The molecule has 29 heavy (non-hydrogen) atoms. The lowest BCUT2D eigenvalue weighted by molar-refractivity contribution is -0.139. The first kappa shape index (κ1) is 20.9. The number of fused-ring (bicyclic) bond motifs is 1. The van der Waals surface area contributed by atoms with Crippen LogP contribution in [0, 0.1) is 0 Å². The molecule has 1 heterocycles. The summed E-state index contributed by atoms with van der Waals surface area (Å²) in [6.45, 7) is 3.24. The molecule has 2 N–H and O–H groups in total. The number of ether oxygens (including phenoxy) is 3. The zero-order valence-corrected chi connectivity index (χ0v) is 17.2. The second-order valence-electron chi connectivity index (χ2n) is 7.30. The molecule has 1 unspecified atom stereocenters. The number of hydrogen-bond donors (Lipinski definition) is 2. The summed E-state index contributed by atoms with van der Waals surface area (Å²) in [6, 6.07) is 10.5. The van der Waals surface area contributed by atoms with Gasteiger partial charge in [-0.15, -0.1) is 0 Å². The van der Waals surface area contributed by atoms with Crippen molar-refractivity contribution in [3.8, 4) is 17.2 Å². The van der Waals surface area contributed by atoms with Crippen LogP contribution in [0.2, 0.25) is 0 Å². The average Bonchev–Trinajstić information content (AvgIpc) is 2.65. The summed E-state index contributed by atoms with van der Waals surface area (Å²) in [5.41, 5.74) is 0.0231. The Morgan fingerprint density at radius 3 is 2.48 bits per heavy atom. The van der Waals surface area contributed by atoms with Gasteiger partial charge in [0.05, 0.1) is 18.0 Å². The molecule has 1 aliphatic rings. The van der Waals surface area contributed by atoms with E-state index in [1.807, 2.05) is 13.8 Å². The van der Waals surface area contributed by atoms with Gasteiger partial charge in [0.25, 0.3) is 0 Å². The predicted octanol–water partition coefficient (Wildman–Crippen LogP) is 2.74. The highest BCUT2D eigenvalue weighted by Crippen LogP contribution is 2.41. The summed E-state index contributed by atoms with van der Waals surface area (Å²) in [4.78, 5) is 10.8. The van der Waals surface area contributed by atoms with E-state index in [2.05, 4.69) is 4.72 Å². The molecule has 0 fully saturated rings. The number of carboxylic acids is 1. The highest BCUT2D eigenvalue weighted by Gasteiger charge is 2.36. The van der Waals surface area contributed by atoms with Gasteiger partial charge in [-0.1, -0.05) is 6.07 Å². The standard InChI is InChI=1S/C20H23NO7S/c1-20(2)11-17(21-29(24,25)15-7-4-13(26-3)5-8-15)16-9-6-14(10-18(16)28-20)27-12-19(22)23/h4-10,17,21H,11-12H2,1-3H3,(H,22,23). The van der Waals surface area contributed by atoms with Gasteiger partial charge in [0.15, 0.2) is 6.61 Å². The molecule has 0 amide bonds. The summed E-state index contributed by atoms with van der Waals surface area (Å²) in [6.07, 6.45) is 0.421. The maximum atomic E-state index is 12.9. The summed E-state index contributed by atoms with van der Waals surface area (Å²) >= 11 is 0. The maximum Gasteiger partial charge on any atom is 0.341 e. The molecule has 3 rings (SSSR count). The van der Waals surface area contributed by atoms with E-state index >= 15 is 0 Å². The SMILES string of the molecule is COc1ccc(S(=O)(=O)NC2CC(C)(C)Oc3cc(OCC(=O)O)ccc32)cc1. The van der Waals surface area contributed by atoms with Crippen LogP contribution >= 0.6 is 0 Å². The fraction of sp³-hybridized carbons (Fsp3) is 0.350. The number of benzene rings is 2. The van der Waals surface area contributed by atoms with E-state index < -0.39 is 34.2 Å². The third-order valence-corrected chi connectivity index (χ3v) is 5.96. The van der Waals surface area contributed by atoms with Gasteiger partial charge in [0.1, 0.15) is 22.8 Å². The van der Waals surface area contributed by atoms with Gasteiger partial charge in [-0.05, 0) is 44.2 Å². The van der Waals surface area contributed by atoms with E-state index in [9.17, 15) is 13.2 Å². The lowest BCUT2D eigenvalue weighted by Gasteiger charge is -2.37. The van der Waals surface area contributed by atoms with E-state index in [0.717, 1.165) is 0 Å². The van der Waals surface area contributed by atoms with Crippen LogP contribution in [0.3, 0.4) is 0 Å². The van der Waals surface area contributed by atoms with Crippen LogP contribution in [0.4, 0.5) is 0 Å². The van der Waals surface area contributed by atoms with Crippen molar-refractivity contribution in [2.24, 2.45) is 0 Å². The first-order valence-electron chi connectivity index (χ1n) is 8.93. The van der Waals surface area contributed by atoms with Crippen LogP contribution in [0.5, 0.6) is 17.2 Å². The molecule has 8 nitrogen and oxygen atoms in total. The largest absolute Gasteiger partial charge is 0.497 e. The van der Waals surface area contributed by atoms with Crippen molar-refractivity contribution in [3.05, 3.63) is 48.0 Å². The molecule has 0 spiro atoms. The topological polar surface area (TPSA) is 111 Å². The third kappa shape index (κ3) is 4.99. The molecule has 0 bridgehead atoms. The van der Waals surface area contributed by atoms with Crippen molar-refractivity contribution >= 4 is 16.0 Å². The Labute approximate surface area is 169 Å². The quantitative estimate of drug-likeness (QED) is 0.707. The molecule has 2 aromatic rings. The number of methoxy groups -OCH3 is 1. The van der Waals surface area contributed by atoms with Crippen molar-refractivity contribution in [1.29, 1.82) is 0 Å². The second-order valence-corrected chi connectivity index (χ2v) is 9.01. The van der Waals surface area contributed by atoms with Crippen molar-refractivity contribution in [1.82, 2.24) is 4.72 Å². The Balaban J connectivity index is 1.88. The van der Waals surface area contributed by atoms with Gasteiger partial charge in [-0.25, -0.2) is 17.9 Å². The number of rotatable bonds is 7. The number of hydrogen-bond acceptors (Lipinski definition) is 6. The molecule has 2 aromatic carbocycles. The maximum absolute atomic E-state index is 12.9. The highest BCUT2D eigenvalue weighted by molar-refractivity contribution is 7.89. The molecule has 9 heteroatoms. The number of carboxylic acid groups (broad SMARTS) is 1. The third-order valence-electron chi connectivity index (χ3n) is 4.47. The van der Waals surface area contributed by atoms with Gasteiger partial charge < -0.3 is 19.3 Å². The van der Waals surface area contributed by atoms with Crippen LogP contribution in [-0.4, -0.2) is 38.8 Å². The van der Waals surface area contributed by atoms with Crippen molar-refractivity contribution < 1.29 is 32.5 Å². The minimum atomic E-state index is -3.78. The molecule has 0 saturated carbocycles. The second kappa shape index (κ2) is 7.92. The molecular formula is C20H23NO7S. The fourth-order valence-electron chi connectivity index (χ4n) is 3.18. The Bertz CT molecular complexity index is 1000. The summed E-state index contributed by atoms with van der Waals surface area (Å²) in [7, 11) is -2.27. The lowest BCUT2D eigenvalue weighted by Crippen LogP contribution is -2.41. The zero-order valence-electron chi connectivity index (χ0n) is 16.3. The van der Waals surface area contributed by atoms with Crippen LogP contribution < -0.4 is 18.9 Å². The molecule has 0 radical (unpaired) electrons. The van der Waals surface area contributed by atoms with Crippen molar-refractivity contribution in [3.63, 3.8) is 0 Å². The molecule has 156 valence electrons. The summed E-state index contributed by atoms with van der Waals surface area (Å²) in [5, 5.41) is 8.77. The van der Waals surface area contributed by atoms with Crippen LogP contribution in [0.1, 0.15) is 31.9 Å².